The van der Waals surface area contributed by atoms with Crippen molar-refractivity contribution in [3.63, 3.8) is 0 Å². The molecule has 0 aliphatic heterocycles. The van der Waals surface area contributed by atoms with Crippen molar-refractivity contribution in [2.45, 2.75) is 309 Å². The summed E-state index contributed by atoms with van der Waals surface area (Å²) in [6, 6.07) is 0. The Morgan fingerprint density at radius 3 is 1.01 bits per heavy atom. The summed E-state index contributed by atoms with van der Waals surface area (Å²) in [6.07, 6.45) is 89.1. The molecule has 488 valence electrons. The number of unbranched alkanes of at least 4 members (excludes halogenated alkanes) is 31. The fourth-order valence-electron chi connectivity index (χ4n) is 9.67. The molecule has 0 amide bonds. The number of carbonyl (C=O) groups is 3. The molecule has 0 rings (SSSR count). The molecule has 85 heavy (non-hydrogen) atoms. The van der Waals surface area contributed by atoms with Crippen molar-refractivity contribution in [1.29, 1.82) is 0 Å². The first-order chi connectivity index (χ1) is 41.6. The second-order valence-corrected chi connectivity index (χ2v) is 24.5. The molecule has 0 aliphatic rings. The summed E-state index contributed by atoms with van der Waals surface area (Å²) >= 11 is 0. The van der Waals surface area contributed by atoms with E-state index in [0.717, 1.165) is 89.9 Å². The highest BCUT2D eigenvalue weighted by Crippen LogP contribution is 2.17. The molecule has 0 spiro atoms. The third kappa shape index (κ3) is 67.3. The first-order valence-electron chi connectivity index (χ1n) is 35.1. The quantitative estimate of drug-likeness (QED) is 0.0211. The van der Waals surface area contributed by atoms with Gasteiger partial charge in [0.2, 0.25) is 0 Å². The van der Waals surface area contributed by atoms with E-state index in [1.54, 1.807) is 0 Å². The van der Waals surface area contributed by atoms with Gasteiger partial charge in [0.25, 0.3) is 6.29 Å². The Morgan fingerprint density at radius 2 is 0.671 bits per heavy atom. The minimum Gasteiger partial charge on any atom is -0.477 e. The predicted octanol–water partition coefficient (Wildman–Crippen LogP) is 21.8. The van der Waals surface area contributed by atoms with E-state index in [2.05, 4.69) is 123 Å². The molecule has 0 saturated carbocycles. The summed E-state index contributed by atoms with van der Waals surface area (Å²) in [5, 5.41) is 9.74. The lowest BCUT2D eigenvalue weighted by molar-refractivity contribution is -0.870. The standard InChI is InChI=1S/C76H131NO8/c1-6-8-10-12-14-16-18-20-22-24-26-27-28-29-30-31-32-33-34-35-36-37-38-39-40-41-42-43-44-45-46-47-49-51-53-55-57-59-61-63-65-67-74(79)85-72(71-84-76(75(80)81)82-69-68-77(3,4)5)70-83-73(78)66-64-62-60-58-56-54-52-50-48-25-23-21-19-17-15-13-11-9-7-2/h8,10,14,16,20-23,26-27,29-30,32-33,35-36,38-39,72,76H,6-7,9,11-13,15,17-19,24-25,28,31,34,37,40-71H2,1-5H3/p+1/b10-8-,16-14-,22-20-,23-21-,27-26-,30-29-,33-32-,36-35-,39-38-. The molecule has 2 unspecified atom stereocenters. The molecule has 0 heterocycles. The van der Waals surface area contributed by atoms with Crippen molar-refractivity contribution in [3.05, 3.63) is 109 Å². The van der Waals surface area contributed by atoms with Gasteiger partial charge in [0.15, 0.2) is 6.10 Å². The number of likely N-dealkylation sites (N-methyl/N-ethyl adjacent to an activating group) is 1. The smallest absolute Gasteiger partial charge is 0.361 e. The van der Waals surface area contributed by atoms with Gasteiger partial charge in [-0.25, -0.2) is 4.79 Å². The second kappa shape index (κ2) is 65.9. The van der Waals surface area contributed by atoms with Gasteiger partial charge >= 0.3 is 17.9 Å². The SMILES string of the molecule is CC/C=C\C/C=C\C/C=C\C/C=C\C/C=C\C/C=C\C/C=C\C/C=C\CCCCCCCCCCCCCCCCCCC(=O)OC(COC(=O)CCCCCCCCCCC/C=C\CCCCCCCC)COC(OCC[N+](C)(C)C)C(=O)O. The van der Waals surface area contributed by atoms with E-state index in [0.29, 0.717) is 17.4 Å². The van der Waals surface area contributed by atoms with Gasteiger partial charge in [-0.2, -0.15) is 0 Å². The third-order valence-electron chi connectivity index (χ3n) is 15.0. The normalized spacial score (nSPS) is 13.4. The minimum absolute atomic E-state index is 0.184. The van der Waals surface area contributed by atoms with Gasteiger partial charge in [-0.15, -0.1) is 0 Å². The van der Waals surface area contributed by atoms with Crippen LogP contribution < -0.4 is 0 Å². The summed E-state index contributed by atoms with van der Waals surface area (Å²) in [5.41, 5.74) is 0. The van der Waals surface area contributed by atoms with Gasteiger partial charge in [0, 0.05) is 12.8 Å². The number of carboxylic acids is 1. The Labute approximate surface area is 524 Å². The Kier molecular flexibility index (Phi) is 62.8. The lowest BCUT2D eigenvalue weighted by atomic mass is 10.0. The van der Waals surface area contributed by atoms with E-state index in [9.17, 15) is 19.5 Å². The molecular weight excluding hydrogens is 1050 g/mol. The van der Waals surface area contributed by atoms with E-state index in [4.69, 9.17) is 18.9 Å². The van der Waals surface area contributed by atoms with Crippen LogP contribution in [0.3, 0.4) is 0 Å². The van der Waals surface area contributed by atoms with Crippen molar-refractivity contribution >= 4 is 17.9 Å². The highest BCUT2D eigenvalue weighted by Gasteiger charge is 2.25. The molecular formula is C76H132NO8+. The molecule has 0 saturated heterocycles. The molecule has 1 N–H and O–H groups in total. The van der Waals surface area contributed by atoms with Gasteiger partial charge in [-0.3, -0.25) is 9.59 Å². The van der Waals surface area contributed by atoms with Crippen LogP contribution in [0.5, 0.6) is 0 Å². The third-order valence-corrected chi connectivity index (χ3v) is 15.0. The Morgan fingerprint density at radius 1 is 0.365 bits per heavy atom. The zero-order valence-corrected chi connectivity index (χ0v) is 55.7. The van der Waals surface area contributed by atoms with Gasteiger partial charge < -0.3 is 28.5 Å². The van der Waals surface area contributed by atoms with E-state index in [-0.39, 0.29) is 32.2 Å². The topological polar surface area (TPSA) is 108 Å². The monoisotopic (exact) mass is 1190 g/mol. The van der Waals surface area contributed by atoms with Crippen LogP contribution in [-0.2, 0) is 33.3 Å². The molecule has 0 fully saturated rings. The summed E-state index contributed by atoms with van der Waals surface area (Å²) in [6.45, 7) is 4.78. The predicted molar refractivity (Wildman–Crippen MR) is 364 cm³/mol. The second-order valence-electron chi connectivity index (χ2n) is 24.5. The summed E-state index contributed by atoms with van der Waals surface area (Å²) < 4.78 is 23.0. The van der Waals surface area contributed by atoms with Crippen LogP contribution in [-0.4, -0.2) is 87.4 Å². The zero-order chi connectivity index (χ0) is 61.9. The van der Waals surface area contributed by atoms with Crippen LogP contribution in [0.15, 0.2) is 109 Å². The van der Waals surface area contributed by atoms with Crippen molar-refractivity contribution in [2.24, 2.45) is 0 Å². The highest BCUT2D eigenvalue weighted by atomic mass is 16.7. The summed E-state index contributed by atoms with van der Waals surface area (Å²) in [4.78, 5) is 37.6. The van der Waals surface area contributed by atoms with Gasteiger partial charge in [0.05, 0.1) is 34.4 Å². The maximum Gasteiger partial charge on any atom is 0.361 e. The van der Waals surface area contributed by atoms with Gasteiger partial charge in [0.1, 0.15) is 13.2 Å². The largest absolute Gasteiger partial charge is 0.477 e. The van der Waals surface area contributed by atoms with Crippen LogP contribution in [0.4, 0.5) is 0 Å². The number of esters is 2. The van der Waals surface area contributed by atoms with Gasteiger partial charge in [-0.05, 0) is 103 Å². The summed E-state index contributed by atoms with van der Waals surface area (Å²) in [5.74, 6) is -2.00. The van der Waals surface area contributed by atoms with Gasteiger partial charge in [-0.1, -0.05) is 290 Å². The zero-order valence-electron chi connectivity index (χ0n) is 55.7. The maximum atomic E-state index is 12.9. The molecule has 0 aliphatic carbocycles. The minimum atomic E-state index is -1.51. The first kappa shape index (κ1) is 81.0. The number of ether oxygens (including phenoxy) is 4. The molecule has 0 bridgehead atoms. The lowest BCUT2D eigenvalue weighted by Crippen LogP contribution is -2.40. The molecule has 2 atom stereocenters. The number of aliphatic carboxylic acids is 1. The molecule has 9 heteroatoms. The number of allylic oxidation sites excluding steroid dienone is 18. The first-order valence-corrected chi connectivity index (χ1v) is 35.1. The van der Waals surface area contributed by atoms with Crippen LogP contribution in [0.2, 0.25) is 0 Å². The fourth-order valence-corrected chi connectivity index (χ4v) is 9.67. The van der Waals surface area contributed by atoms with Crippen molar-refractivity contribution in [1.82, 2.24) is 0 Å². The van der Waals surface area contributed by atoms with Crippen LogP contribution >= 0.6 is 0 Å². The number of rotatable bonds is 64. The van der Waals surface area contributed by atoms with Crippen LogP contribution in [0.1, 0.15) is 296 Å². The number of hydrogen-bond donors (Lipinski definition) is 1. The molecule has 0 aromatic carbocycles. The Hall–Kier alpha value is -4.05. The number of hydrogen-bond acceptors (Lipinski definition) is 7. The molecule has 0 aromatic rings. The molecule has 9 nitrogen and oxygen atoms in total. The number of carboxylic acid groups (broad SMARTS) is 1. The molecule has 0 radical (unpaired) electrons. The van der Waals surface area contributed by atoms with Crippen LogP contribution in [0.25, 0.3) is 0 Å². The lowest BCUT2D eigenvalue weighted by Gasteiger charge is -2.25. The Balaban J connectivity index is 4.05. The van der Waals surface area contributed by atoms with Crippen molar-refractivity contribution in [2.75, 3.05) is 47.5 Å². The average molecular weight is 1190 g/mol. The number of quaternary nitrogens is 1. The number of carbonyl (C=O) groups excluding carboxylic acids is 2. The Bertz CT molecular complexity index is 1760. The fraction of sp³-hybridized carbons (Fsp3) is 0.724. The van der Waals surface area contributed by atoms with E-state index in [1.807, 2.05) is 21.1 Å². The summed E-state index contributed by atoms with van der Waals surface area (Å²) in [7, 11) is 5.98. The highest BCUT2D eigenvalue weighted by molar-refractivity contribution is 5.71. The van der Waals surface area contributed by atoms with E-state index < -0.39 is 24.3 Å². The average Bonchev–Trinajstić information content (AvgIpc) is 3.49. The number of nitrogens with zero attached hydrogens (tertiary/aromatic N) is 1. The van der Waals surface area contributed by atoms with E-state index in [1.165, 1.54) is 180 Å². The molecule has 0 aromatic heterocycles. The van der Waals surface area contributed by atoms with Crippen molar-refractivity contribution in [3.8, 4) is 0 Å². The maximum absolute atomic E-state index is 12.9. The van der Waals surface area contributed by atoms with Crippen molar-refractivity contribution < 1.29 is 42.9 Å². The van der Waals surface area contributed by atoms with E-state index >= 15 is 0 Å². The van der Waals surface area contributed by atoms with Crippen LogP contribution in [0, 0.1) is 0 Å².